The van der Waals surface area contributed by atoms with E-state index in [4.69, 9.17) is 9.47 Å². The Labute approximate surface area is 125 Å². The van der Waals surface area contributed by atoms with E-state index in [0.29, 0.717) is 18.4 Å². The van der Waals surface area contributed by atoms with Gasteiger partial charge in [0.25, 0.3) is 0 Å². The molecule has 1 amide bonds. The van der Waals surface area contributed by atoms with Crippen molar-refractivity contribution in [1.29, 1.82) is 0 Å². The maximum absolute atomic E-state index is 11.7. The Morgan fingerprint density at radius 1 is 1.38 bits per heavy atom. The van der Waals surface area contributed by atoms with E-state index in [2.05, 4.69) is 6.58 Å². The highest BCUT2D eigenvalue weighted by Crippen LogP contribution is 2.16. The van der Waals surface area contributed by atoms with Gasteiger partial charge in [-0.05, 0) is 19.8 Å². The summed E-state index contributed by atoms with van der Waals surface area (Å²) >= 11 is 0. The van der Waals surface area contributed by atoms with Crippen LogP contribution < -0.4 is 0 Å². The lowest BCUT2D eigenvalue weighted by Gasteiger charge is -2.17. The van der Waals surface area contributed by atoms with Gasteiger partial charge in [-0.25, -0.2) is 4.79 Å². The van der Waals surface area contributed by atoms with Crippen LogP contribution in [0.2, 0.25) is 0 Å². The first-order valence-electron chi connectivity index (χ1n) is 7.04. The number of carbonyl (C=O) groups excluding carboxylic acids is 3. The van der Waals surface area contributed by atoms with Crippen LogP contribution in [-0.4, -0.2) is 42.5 Å². The molecular weight excluding hydrogens is 274 g/mol. The highest BCUT2D eigenvalue weighted by molar-refractivity contribution is 5.86. The molecule has 0 bridgehead atoms. The number of nitrogens with zero attached hydrogens (tertiary/aromatic N) is 1. The number of ether oxygens (including phenoxy) is 2. The normalized spacial score (nSPS) is 15.7. The SMILES string of the molecule is C=C(C)C(=O)OCCOC(=O)C(C)C[CH]N1CCCC1=O. The molecule has 0 aromatic rings. The van der Waals surface area contributed by atoms with Crippen molar-refractivity contribution in [3.63, 3.8) is 0 Å². The largest absolute Gasteiger partial charge is 0.462 e. The van der Waals surface area contributed by atoms with Crippen LogP contribution in [-0.2, 0) is 23.9 Å². The van der Waals surface area contributed by atoms with Crippen LogP contribution in [0.3, 0.4) is 0 Å². The van der Waals surface area contributed by atoms with Gasteiger partial charge < -0.3 is 14.4 Å². The van der Waals surface area contributed by atoms with Gasteiger partial charge in [-0.1, -0.05) is 13.5 Å². The zero-order valence-electron chi connectivity index (χ0n) is 12.6. The highest BCUT2D eigenvalue weighted by atomic mass is 16.6. The van der Waals surface area contributed by atoms with Gasteiger partial charge in [0.2, 0.25) is 5.91 Å². The number of esters is 2. The zero-order chi connectivity index (χ0) is 15.8. The molecule has 1 aliphatic rings. The first-order chi connectivity index (χ1) is 9.91. The van der Waals surface area contributed by atoms with Gasteiger partial charge >= 0.3 is 11.9 Å². The Kier molecular flexibility index (Phi) is 6.91. The summed E-state index contributed by atoms with van der Waals surface area (Å²) in [5.41, 5.74) is 0.305. The molecule has 21 heavy (non-hydrogen) atoms. The molecule has 0 saturated carbocycles. The zero-order valence-corrected chi connectivity index (χ0v) is 12.6. The molecule has 6 nitrogen and oxygen atoms in total. The van der Waals surface area contributed by atoms with Crippen LogP contribution in [0.25, 0.3) is 0 Å². The van der Waals surface area contributed by atoms with E-state index in [-0.39, 0.29) is 31.0 Å². The van der Waals surface area contributed by atoms with E-state index in [1.807, 2.05) is 0 Å². The molecule has 117 valence electrons. The quantitative estimate of drug-likeness (QED) is 0.385. The minimum Gasteiger partial charge on any atom is -0.462 e. The summed E-state index contributed by atoms with van der Waals surface area (Å²) in [7, 11) is 0. The molecule has 0 aliphatic carbocycles. The van der Waals surface area contributed by atoms with Gasteiger partial charge in [-0.15, -0.1) is 0 Å². The van der Waals surface area contributed by atoms with E-state index >= 15 is 0 Å². The Morgan fingerprint density at radius 2 is 2.05 bits per heavy atom. The molecule has 1 aliphatic heterocycles. The molecule has 6 heteroatoms. The van der Waals surface area contributed by atoms with Gasteiger partial charge in [0, 0.05) is 18.5 Å². The van der Waals surface area contributed by atoms with Gasteiger partial charge in [-0.2, -0.15) is 0 Å². The van der Waals surface area contributed by atoms with Crippen LogP contribution in [0, 0.1) is 12.5 Å². The number of rotatable bonds is 8. The first kappa shape index (κ1) is 17.2. The van der Waals surface area contributed by atoms with Gasteiger partial charge in [-0.3, -0.25) is 9.59 Å². The van der Waals surface area contributed by atoms with Crippen molar-refractivity contribution >= 4 is 17.8 Å². The average Bonchev–Trinajstić information content (AvgIpc) is 2.85. The van der Waals surface area contributed by atoms with Crippen molar-refractivity contribution in [3.05, 3.63) is 18.7 Å². The van der Waals surface area contributed by atoms with Crippen molar-refractivity contribution in [1.82, 2.24) is 4.90 Å². The number of hydrogen-bond acceptors (Lipinski definition) is 5. The van der Waals surface area contributed by atoms with Gasteiger partial charge in [0.1, 0.15) is 13.2 Å². The third-order valence-corrected chi connectivity index (χ3v) is 3.10. The third kappa shape index (κ3) is 5.97. The molecule has 1 rings (SSSR count). The molecule has 0 spiro atoms. The summed E-state index contributed by atoms with van der Waals surface area (Å²) in [4.78, 5) is 35.9. The van der Waals surface area contributed by atoms with Crippen molar-refractivity contribution < 1.29 is 23.9 Å². The smallest absolute Gasteiger partial charge is 0.333 e. The van der Waals surface area contributed by atoms with Crippen molar-refractivity contribution in [3.8, 4) is 0 Å². The minimum absolute atomic E-state index is 0.0124. The monoisotopic (exact) mass is 296 g/mol. The fourth-order valence-electron chi connectivity index (χ4n) is 1.79. The standard InChI is InChI=1S/C15H22NO5/c1-11(2)14(18)20-9-10-21-15(19)12(3)6-8-16-7-4-5-13(16)17/h8,12H,1,4-7,9-10H2,2-3H3. The molecular formula is C15H22NO5. The number of hydrogen-bond donors (Lipinski definition) is 0. The summed E-state index contributed by atoms with van der Waals surface area (Å²) in [5.74, 6) is -1.11. The van der Waals surface area contributed by atoms with Crippen LogP contribution in [0.1, 0.15) is 33.1 Å². The molecule has 1 atom stereocenters. The topological polar surface area (TPSA) is 72.9 Å². The van der Waals surface area contributed by atoms with Crippen LogP contribution in [0.15, 0.2) is 12.2 Å². The fraction of sp³-hybridized carbons (Fsp3) is 0.600. The van der Waals surface area contributed by atoms with Crippen molar-refractivity contribution in [2.45, 2.75) is 33.1 Å². The third-order valence-electron chi connectivity index (χ3n) is 3.10. The summed E-state index contributed by atoms with van der Waals surface area (Å²) in [6, 6.07) is 0. The number of amides is 1. The van der Waals surface area contributed by atoms with Crippen molar-refractivity contribution in [2.24, 2.45) is 5.92 Å². The van der Waals surface area contributed by atoms with Gasteiger partial charge in [0.05, 0.1) is 12.5 Å². The summed E-state index contributed by atoms with van der Waals surface area (Å²) < 4.78 is 9.82. The maximum atomic E-state index is 11.7. The summed E-state index contributed by atoms with van der Waals surface area (Å²) in [5, 5.41) is 0. The minimum atomic E-state index is -0.500. The Bertz CT molecular complexity index is 418. The summed E-state index contributed by atoms with van der Waals surface area (Å²) in [6.45, 7) is 9.23. The van der Waals surface area contributed by atoms with Crippen LogP contribution >= 0.6 is 0 Å². The molecule has 0 aromatic carbocycles. The maximum Gasteiger partial charge on any atom is 0.333 e. The lowest BCUT2D eigenvalue weighted by atomic mass is 10.1. The van der Waals surface area contributed by atoms with E-state index in [1.165, 1.54) is 0 Å². The molecule has 1 fully saturated rings. The van der Waals surface area contributed by atoms with E-state index in [9.17, 15) is 14.4 Å². The average molecular weight is 296 g/mol. The second-order valence-corrected chi connectivity index (χ2v) is 5.09. The van der Waals surface area contributed by atoms with Crippen LogP contribution in [0.4, 0.5) is 0 Å². The fourth-order valence-corrected chi connectivity index (χ4v) is 1.79. The lowest BCUT2D eigenvalue weighted by Crippen LogP contribution is -2.25. The molecule has 1 radical (unpaired) electrons. The van der Waals surface area contributed by atoms with Crippen molar-refractivity contribution in [2.75, 3.05) is 19.8 Å². The highest BCUT2D eigenvalue weighted by Gasteiger charge is 2.22. The Morgan fingerprint density at radius 3 is 2.62 bits per heavy atom. The number of likely N-dealkylation sites (tertiary alicyclic amines) is 1. The Balaban J connectivity index is 2.14. The lowest BCUT2D eigenvalue weighted by molar-refractivity contribution is -0.153. The Hall–Kier alpha value is -1.85. The van der Waals surface area contributed by atoms with E-state index < -0.39 is 5.97 Å². The summed E-state index contributed by atoms with van der Waals surface area (Å²) in [6.07, 6.45) is 1.89. The molecule has 0 N–H and O–H groups in total. The molecule has 1 saturated heterocycles. The number of carbonyl (C=O) groups is 3. The van der Waals surface area contributed by atoms with E-state index in [1.54, 1.807) is 25.3 Å². The predicted octanol–water partition coefficient (Wildman–Crippen LogP) is 1.46. The predicted molar refractivity (Wildman–Crippen MR) is 75.8 cm³/mol. The molecule has 1 unspecified atom stereocenters. The van der Waals surface area contributed by atoms with E-state index in [0.717, 1.165) is 13.0 Å². The van der Waals surface area contributed by atoms with Gasteiger partial charge in [0.15, 0.2) is 0 Å². The molecule has 0 aromatic heterocycles. The second-order valence-electron chi connectivity index (χ2n) is 5.09. The molecule has 1 heterocycles. The van der Waals surface area contributed by atoms with Crippen LogP contribution in [0.5, 0.6) is 0 Å². The first-order valence-corrected chi connectivity index (χ1v) is 7.04. The second kappa shape index (κ2) is 8.44.